The van der Waals surface area contributed by atoms with Gasteiger partial charge >= 0.3 is 0 Å². The molecular formula is C15H12N6. The van der Waals surface area contributed by atoms with Crippen LogP contribution in [0.4, 0.5) is 0 Å². The van der Waals surface area contributed by atoms with E-state index in [0.717, 1.165) is 17.1 Å². The summed E-state index contributed by atoms with van der Waals surface area (Å²) in [5.74, 6) is 0. The van der Waals surface area contributed by atoms with E-state index in [2.05, 4.69) is 33.2 Å². The normalized spacial score (nSPS) is 10.9. The van der Waals surface area contributed by atoms with Gasteiger partial charge in [-0.2, -0.15) is 0 Å². The SMILES string of the molecule is c1cn(-c2cc(-n3ccnc3)cc(-n3ccnc3)c2)cn1. The predicted octanol–water partition coefficient (Wildman–Crippen LogP) is 2.24. The van der Waals surface area contributed by atoms with Crippen molar-refractivity contribution >= 4 is 0 Å². The third kappa shape index (κ3) is 2.12. The summed E-state index contributed by atoms with van der Waals surface area (Å²) in [6, 6.07) is 6.26. The van der Waals surface area contributed by atoms with Crippen molar-refractivity contribution in [2.75, 3.05) is 0 Å². The minimum atomic E-state index is 1.03. The Morgan fingerprint density at radius 1 is 0.524 bits per heavy atom. The molecule has 0 saturated carbocycles. The van der Waals surface area contributed by atoms with Gasteiger partial charge in [0.15, 0.2) is 0 Å². The summed E-state index contributed by atoms with van der Waals surface area (Å²) in [7, 11) is 0. The number of nitrogens with zero attached hydrogens (tertiary/aromatic N) is 6. The fraction of sp³-hybridized carbons (Fsp3) is 0. The number of rotatable bonds is 3. The average molecular weight is 276 g/mol. The second-order valence-corrected chi connectivity index (χ2v) is 4.62. The highest BCUT2D eigenvalue weighted by Crippen LogP contribution is 2.20. The van der Waals surface area contributed by atoms with E-state index in [0.29, 0.717) is 0 Å². The topological polar surface area (TPSA) is 53.5 Å². The standard InChI is InChI=1S/C15H12N6/c1-4-19(10-16-1)13-7-14(20-5-2-17-11-20)9-15(8-13)21-6-3-18-12-21/h1-12H. The highest BCUT2D eigenvalue weighted by molar-refractivity contribution is 5.53. The van der Waals surface area contributed by atoms with Crippen molar-refractivity contribution in [2.45, 2.75) is 0 Å². The molecular weight excluding hydrogens is 264 g/mol. The minimum absolute atomic E-state index is 1.03. The zero-order valence-electron chi connectivity index (χ0n) is 11.1. The summed E-state index contributed by atoms with van der Waals surface area (Å²) < 4.78 is 5.92. The van der Waals surface area contributed by atoms with Crippen LogP contribution in [0.2, 0.25) is 0 Å². The smallest absolute Gasteiger partial charge is 0.0991 e. The highest BCUT2D eigenvalue weighted by Gasteiger charge is 2.05. The quantitative estimate of drug-likeness (QED) is 0.576. The molecule has 21 heavy (non-hydrogen) atoms. The zero-order valence-corrected chi connectivity index (χ0v) is 11.1. The first-order chi connectivity index (χ1) is 10.4. The largest absolute Gasteiger partial charge is 0.306 e. The molecule has 0 unspecified atom stereocenters. The Bertz CT molecular complexity index is 701. The molecule has 102 valence electrons. The fourth-order valence-electron chi connectivity index (χ4n) is 2.26. The van der Waals surface area contributed by atoms with E-state index in [-0.39, 0.29) is 0 Å². The molecule has 0 aliphatic heterocycles. The van der Waals surface area contributed by atoms with Crippen LogP contribution in [0.15, 0.2) is 74.4 Å². The molecule has 6 heteroatoms. The van der Waals surface area contributed by atoms with E-state index in [1.54, 1.807) is 37.6 Å². The molecule has 0 bridgehead atoms. The molecule has 0 saturated heterocycles. The summed E-state index contributed by atoms with van der Waals surface area (Å²) in [4.78, 5) is 12.3. The van der Waals surface area contributed by atoms with Gasteiger partial charge in [-0.05, 0) is 18.2 Å². The lowest BCUT2D eigenvalue weighted by atomic mass is 10.2. The maximum atomic E-state index is 4.11. The molecule has 0 radical (unpaired) electrons. The van der Waals surface area contributed by atoms with Gasteiger partial charge in [0, 0.05) is 37.2 Å². The van der Waals surface area contributed by atoms with Crippen LogP contribution in [0, 0.1) is 0 Å². The maximum Gasteiger partial charge on any atom is 0.0991 e. The van der Waals surface area contributed by atoms with Crippen molar-refractivity contribution in [3.63, 3.8) is 0 Å². The first-order valence-corrected chi connectivity index (χ1v) is 6.50. The Morgan fingerprint density at radius 2 is 0.857 bits per heavy atom. The highest BCUT2D eigenvalue weighted by atomic mass is 15.1. The molecule has 6 nitrogen and oxygen atoms in total. The van der Waals surface area contributed by atoms with Crippen LogP contribution >= 0.6 is 0 Å². The van der Waals surface area contributed by atoms with E-state index in [9.17, 15) is 0 Å². The number of hydrogen-bond acceptors (Lipinski definition) is 3. The van der Waals surface area contributed by atoms with Crippen LogP contribution in [0.3, 0.4) is 0 Å². The second kappa shape index (κ2) is 4.75. The Labute approximate surface area is 121 Å². The molecule has 4 rings (SSSR count). The van der Waals surface area contributed by atoms with Crippen molar-refractivity contribution in [3.05, 3.63) is 74.4 Å². The van der Waals surface area contributed by atoms with Crippen molar-refractivity contribution in [1.29, 1.82) is 0 Å². The first-order valence-electron chi connectivity index (χ1n) is 6.50. The van der Waals surface area contributed by atoms with Gasteiger partial charge in [0.05, 0.1) is 36.0 Å². The van der Waals surface area contributed by atoms with Gasteiger partial charge in [-0.1, -0.05) is 0 Å². The van der Waals surface area contributed by atoms with Gasteiger partial charge in [0.2, 0.25) is 0 Å². The van der Waals surface area contributed by atoms with Gasteiger partial charge in [0.25, 0.3) is 0 Å². The monoisotopic (exact) mass is 276 g/mol. The van der Waals surface area contributed by atoms with Crippen LogP contribution in [0.25, 0.3) is 17.1 Å². The zero-order chi connectivity index (χ0) is 14.1. The summed E-state index contributed by atoms with van der Waals surface area (Å²) in [6.07, 6.45) is 16.4. The molecule has 0 fully saturated rings. The third-order valence-corrected chi connectivity index (χ3v) is 3.29. The number of benzene rings is 1. The summed E-state index contributed by atoms with van der Waals surface area (Å²) >= 11 is 0. The van der Waals surface area contributed by atoms with Gasteiger partial charge in [-0.25, -0.2) is 15.0 Å². The molecule has 0 aliphatic rings. The predicted molar refractivity (Wildman–Crippen MR) is 77.8 cm³/mol. The van der Waals surface area contributed by atoms with Crippen LogP contribution in [0.1, 0.15) is 0 Å². The Morgan fingerprint density at radius 3 is 1.10 bits per heavy atom. The second-order valence-electron chi connectivity index (χ2n) is 4.62. The number of hydrogen-bond donors (Lipinski definition) is 0. The van der Waals surface area contributed by atoms with E-state index in [1.807, 2.05) is 32.3 Å². The molecule has 0 spiro atoms. The molecule has 0 N–H and O–H groups in total. The van der Waals surface area contributed by atoms with Gasteiger partial charge < -0.3 is 13.7 Å². The summed E-state index contributed by atoms with van der Waals surface area (Å²) in [5.41, 5.74) is 3.09. The van der Waals surface area contributed by atoms with Crippen LogP contribution in [-0.4, -0.2) is 28.7 Å². The van der Waals surface area contributed by atoms with Crippen LogP contribution in [0.5, 0.6) is 0 Å². The van der Waals surface area contributed by atoms with E-state index in [4.69, 9.17) is 0 Å². The van der Waals surface area contributed by atoms with Gasteiger partial charge in [0.1, 0.15) is 0 Å². The maximum absolute atomic E-state index is 4.11. The van der Waals surface area contributed by atoms with Crippen molar-refractivity contribution in [2.24, 2.45) is 0 Å². The summed E-state index contributed by atoms with van der Waals surface area (Å²) in [6.45, 7) is 0. The average Bonchev–Trinajstić information content (AvgIpc) is 3.29. The molecule has 3 heterocycles. The van der Waals surface area contributed by atoms with Crippen molar-refractivity contribution in [3.8, 4) is 17.1 Å². The molecule has 4 aromatic rings. The number of aromatic nitrogens is 6. The lowest BCUT2D eigenvalue weighted by molar-refractivity contribution is 0.991. The molecule has 1 aromatic carbocycles. The summed E-state index contributed by atoms with van der Waals surface area (Å²) in [5, 5.41) is 0. The number of imidazole rings is 3. The van der Waals surface area contributed by atoms with E-state index < -0.39 is 0 Å². The molecule has 0 aliphatic carbocycles. The van der Waals surface area contributed by atoms with Crippen molar-refractivity contribution < 1.29 is 0 Å². The van der Waals surface area contributed by atoms with Gasteiger partial charge in [-0.15, -0.1) is 0 Å². The van der Waals surface area contributed by atoms with Crippen LogP contribution in [-0.2, 0) is 0 Å². The fourth-order valence-corrected chi connectivity index (χ4v) is 2.26. The Kier molecular flexibility index (Phi) is 2.64. The molecule has 0 atom stereocenters. The third-order valence-electron chi connectivity index (χ3n) is 3.29. The van der Waals surface area contributed by atoms with Crippen LogP contribution < -0.4 is 0 Å². The Hall–Kier alpha value is -3.15. The lowest BCUT2D eigenvalue weighted by Crippen LogP contribution is -1.99. The van der Waals surface area contributed by atoms with E-state index in [1.165, 1.54) is 0 Å². The lowest BCUT2D eigenvalue weighted by Gasteiger charge is -2.11. The first kappa shape index (κ1) is 11.7. The molecule has 3 aromatic heterocycles. The Balaban J connectivity index is 1.92. The van der Waals surface area contributed by atoms with Gasteiger partial charge in [-0.3, -0.25) is 0 Å². The van der Waals surface area contributed by atoms with Crippen molar-refractivity contribution in [1.82, 2.24) is 28.7 Å². The minimum Gasteiger partial charge on any atom is -0.306 e. The molecule has 0 amide bonds. The van der Waals surface area contributed by atoms with E-state index >= 15 is 0 Å².